The Hall–Kier alpha value is -2.41. The summed E-state index contributed by atoms with van der Waals surface area (Å²) in [5.41, 5.74) is 7.43. The molecule has 0 fully saturated rings. The summed E-state index contributed by atoms with van der Waals surface area (Å²) in [5.74, 6) is 0.394. The van der Waals surface area contributed by atoms with Gasteiger partial charge in [-0.25, -0.2) is 4.39 Å². The zero-order chi connectivity index (χ0) is 23.9. The molecule has 0 atom stereocenters. The van der Waals surface area contributed by atoms with Gasteiger partial charge in [0.2, 0.25) is 0 Å². The number of ether oxygens (including phenoxy) is 1. The van der Waals surface area contributed by atoms with Crippen molar-refractivity contribution in [1.82, 2.24) is 5.32 Å². The molecule has 5 nitrogen and oxygen atoms in total. The Morgan fingerprint density at radius 2 is 1.97 bits per heavy atom. The number of benzene rings is 2. The fraction of sp³-hybridized carbons (Fsp3) is 0.440. The van der Waals surface area contributed by atoms with Crippen LogP contribution >= 0.6 is 15.9 Å². The smallest absolute Gasteiger partial charge is 0.258 e. The number of methoxy groups -OCH3 is 1. The van der Waals surface area contributed by atoms with Gasteiger partial charge in [0.05, 0.1) is 7.11 Å². The van der Waals surface area contributed by atoms with Gasteiger partial charge in [0.1, 0.15) is 11.6 Å². The van der Waals surface area contributed by atoms with E-state index in [-0.39, 0.29) is 16.9 Å². The van der Waals surface area contributed by atoms with Crippen molar-refractivity contribution in [3.8, 4) is 5.75 Å². The summed E-state index contributed by atoms with van der Waals surface area (Å²) in [6.45, 7) is 9.05. The van der Waals surface area contributed by atoms with Gasteiger partial charge in [0, 0.05) is 22.1 Å². The lowest BCUT2D eigenvalue weighted by molar-refractivity contribution is 0.0975. The van der Waals surface area contributed by atoms with E-state index in [9.17, 15) is 9.18 Å². The first-order valence-electron chi connectivity index (χ1n) is 10.7. The molecule has 1 amide bonds. The molecule has 0 spiro atoms. The number of carbonyl (C=O) groups excluding carboxylic acids is 1. The summed E-state index contributed by atoms with van der Waals surface area (Å²) >= 11 is 3.45. The Morgan fingerprint density at radius 1 is 1.25 bits per heavy atom. The van der Waals surface area contributed by atoms with Crippen molar-refractivity contribution in [2.24, 2.45) is 22.1 Å². The Morgan fingerprint density at radius 3 is 2.62 bits per heavy atom. The van der Waals surface area contributed by atoms with Gasteiger partial charge in [0.25, 0.3) is 5.91 Å². The van der Waals surface area contributed by atoms with Crippen LogP contribution in [-0.4, -0.2) is 25.5 Å². The van der Waals surface area contributed by atoms with Crippen molar-refractivity contribution in [3.63, 3.8) is 0 Å². The predicted octanol–water partition coefficient (Wildman–Crippen LogP) is 5.50. The van der Waals surface area contributed by atoms with Gasteiger partial charge < -0.3 is 10.5 Å². The minimum atomic E-state index is -0.469. The van der Waals surface area contributed by atoms with Crippen molar-refractivity contribution in [2.75, 3.05) is 13.7 Å². The highest BCUT2D eigenvalue weighted by molar-refractivity contribution is 9.10. The highest BCUT2D eigenvalue weighted by atomic mass is 79.9. The second-order valence-electron chi connectivity index (χ2n) is 9.14. The number of aliphatic imine (C=N–C) groups is 1. The standard InChI is InChI=1S/C25H33BrFN3O2/c1-16(2)14-25(3,4)15-29-24(28)30-23(31)20-7-6-8-21(27)19(20)11-9-17-13-18(26)10-12-22(17)32-5/h6-8,10,12-13,16H,9,11,14-15H2,1-5H3,(H3,28,29,30,31). The Balaban J connectivity index is 2.15. The summed E-state index contributed by atoms with van der Waals surface area (Å²) < 4.78 is 21.0. The lowest BCUT2D eigenvalue weighted by Gasteiger charge is -2.24. The van der Waals surface area contributed by atoms with Crippen LogP contribution in [0.15, 0.2) is 45.9 Å². The van der Waals surface area contributed by atoms with Crippen LogP contribution in [0.5, 0.6) is 5.75 Å². The fourth-order valence-corrected chi connectivity index (χ4v) is 4.33. The molecule has 0 aromatic heterocycles. The maximum Gasteiger partial charge on any atom is 0.258 e. The molecule has 0 radical (unpaired) electrons. The van der Waals surface area contributed by atoms with Gasteiger partial charge in [-0.05, 0) is 66.5 Å². The molecule has 0 aliphatic heterocycles. The van der Waals surface area contributed by atoms with E-state index < -0.39 is 11.7 Å². The maximum atomic E-state index is 14.7. The first-order chi connectivity index (χ1) is 15.0. The Kier molecular flexibility index (Phi) is 9.25. The molecule has 0 heterocycles. The quantitative estimate of drug-likeness (QED) is 0.349. The normalized spacial score (nSPS) is 12.2. The molecule has 0 saturated heterocycles. The van der Waals surface area contributed by atoms with Crippen LogP contribution in [0.1, 0.15) is 55.6 Å². The van der Waals surface area contributed by atoms with E-state index in [1.807, 2.05) is 18.2 Å². The molecule has 2 aromatic carbocycles. The number of hydrogen-bond donors (Lipinski definition) is 2. The number of amides is 1. The van der Waals surface area contributed by atoms with E-state index >= 15 is 0 Å². The van der Waals surface area contributed by atoms with Crippen LogP contribution in [-0.2, 0) is 12.8 Å². The molecular formula is C25H33BrFN3O2. The predicted molar refractivity (Wildman–Crippen MR) is 132 cm³/mol. The maximum absolute atomic E-state index is 14.7. The fourth-order valence-electron chi connectivity index (χ4n) is 3.92. The average molecular weight is 506 g/mol. The molecule has 32 heavy (non-hydrogen) atoms. The minimum absolute atomic E-state index is 0.0312. The summed E-state index contributed by atoms with van der Waals surface area (Å²) in [6.07, 6.45) is 1.84. The summed E-state index contributed by atoms with van der Waals surface area (Å²) in [5, 5.41) is 2.61. The van der Waals surface area contributed by atoms with E-state index in [1.54, 1.807) is 13.2 Å². The van der Waals surface area contributed by atoms with Gasteiger partial charge in [-0.1, -0.05) is 49.7 Å². The van der Waals surface area contributed by atoms with Crippen LogP contribution in [0.2, 0.25) is 0 Å². The zero-order valence-electron chi connectivity index (χ0n) is 19.5. The first kappa shape index (κ1) is 25.8. The molecule has 2 aromatic rings. The number of nitrogens with two attached hydrogens (primary N) is 1. The highest BCUT2D eigenvalue weighted by Crippen LogP contribution is 2.26. The Bertz CT molecular complexity index is 974. The summed E-state index contributed by atoms with van der Waals surface area (Å²) in [6, 6.07) is 10.1. The molecule has 3 N–H and O–H groups in total. The van der Waals surface area contributed by atoms with Crippen LogP contribution in [0.4, 0.5) is 4.39 Å². The second kappa shape index (κ2) is 11.5. The molecule has 0 aliphatic carbocycles. The van der Waals surface area contributed by atoms with Crippen molar-refractivity contribution in [2.45, 2.75) is 47.0 Å². The number of guanidine groups is 1. The zero-order valence-corrected chi connectivity index (χ0v) is 21.1. The van der Waals surface area contributed by atoms with Crippen LogP contribution in [0, 0.1) is 17.2 Å². The number of rotatable bonds is 9. The van der Waals surface area contributed by atoms with Crippen molar-refractivity contribution in [1.29, 1.82) is 0 Å². The number of hydrogen-bond acceptors (Lipinski definition) is 3. The summed E-state index contributed by atoms with van der Waals surface area (Å²) in [4.78, 5) is 17.2. The van der Waals surface area contributed by atoms with Gasteiger partial charge >= 0.3 is 0 Å². The number of halogens is 2. The van der Waals surface area contributed by atoms with E-state index in [4.69, 9.17) is 10.5 Å². The van der Waals surface area contributed by atoms with Crippen molar-refractivity contribution in [3.05, 3.63) is 63.4 Å². The monoisotopic (exact) mass is 505 g/mol. The van der Waals surface area contributed by atoms with Crippen LogP contribution in [0.25, 0.3) is 0 Å². The molecule has 174 valence electrons. The lowest BCUT2D eigenvalue weighted by atomic mass is 9.84. The van der Waals surface area contributed by atoms with E-state index in [0.717, 1.165) is 22.2 Å². The van der Waals surface area contributed by atoms with Gasteiger partial charge in [-0.15, -0.1) is 0 Å². The number of nitrogens with one attached hydrogen (secondary N) is 1. The molecular weight excluding hydrogens is 473 g/mol. The number of nitrogens with zero attached hydrogens (tertiary/aromatic N) is 1. The molecule has 0 aliphatic rings. The third kappa shape index (κ3) is 7.62. The molecule has 0 unspecified atom stereocenters. The topological polar surface area (TPSA) is 76.7 Å². The first-order valence-corrected chi connectivity index (χ1v) is 11.5. The van der Waals surface area contributed by atoms with Crippen molar-refractivity contribution < 1.29 is 13.9 Å². The van der Waals surface area contributed by atoms with Gasteiger partial charge in [0.15, 0.2) is 5.96 Å². The average Bonchev–Trinajstić information content (AvgIpc) is 2.70. The number of aryl methyl sites for hydroxylation is 1. The largest absolute Gasteiger partial charge is 0.496 e. The summed E-state index contributed by atoms with van der Waals surface area (Å²) in [7, 11) is 1.60. The second-order valence-corrected chi connectivity index (χ2v) is 10.1. The molecule has 2 rings (SSSR count). The van der Waals surface area contributed by atoms with E-state index in [2.05, 4.69) is 53.9 Å². The van der Waals surface area contributed by atoms with E-state index in [1.165, 1.54) is 12.1 Å². The molecule has 7 heteroatoms. The minimum Gasteiger partial charge on any atom is -0.496 e. The van der Waals surface area contributed by atoms with Gasteiger partial charge in [-0.2, -0.15) is 0 Å². The Labute approximate surface area is 198 Å². The van der Waals surface area contributed by atoms with Gasteiger partial charge in [-0.3, -0.25) is 15.1 Å². The SMILES string of the molecule is COc1ccc(Br)cc1CCc1c(F)cccc1C(=O)NC(N)=NCC(C)(C)CC(C)C. The molecule has 0 saturated carbocycles. The molecule has 0 bridgehead atoms. The lowest BCUT2D eigenvalue weighted by Crippen LogP contribution is -2.38. The number of carbonyl (C=O) groups is 1. The van der Waals surface area contributed by atoms with E-state index in [0.29, 0.717) is 30.9 Å². The van der Waals surface area contributed by atoms with Crippen LogP contribution in [0.3, 0.4) is 0 Å². The third-order valence-corrected chi connectivity index (χ3v) is 5.62. The van der Waals surface area contributed by atoms with Crippen LogP contribution < -0.4 is 15.8 Å². The highest BCUT2D eigenvalue weighted by Gasteiger charge is 2.20. The van der Waals surface area contributed by atoms with Crippen molar-refractivity contribution >= 4 is 27.8 Å². The third-order valence-electron chi connectivity index (χ3n) is 5.13.